The number of hydrogen-bond donors (Lipinski definition) is 3. The van der Waals surface area contributed by atoms with Crippen molar-refractivity contribution in [2.75, 3.05) is 0 Å². The van der Waals surface area contributed by atoms with E-state index in [9.17, 15) is 15.0 Å². The number of nitrogens with zero attached hydrogens (tertiary/aromatic N) is 1. The fourth-order valence-corrected chi connectivity index (χ4v) is 2.87. The summed E-state index contributed by atoms with van der Waals surface area (Å²) in [7, 11) is 0. The number of nitrogens with one attached hydrogen (secondary N) is 1. The third-order valence-corrected chi connectivity index (χ3v) is 4.07. The quantitative estimate of drug-likeness (QED) is 0.680. The van der Waals surface area contributed by atoms with E-state index in [-0.39, 0.29) is 17.2 Å². The van der Waals surface area contributed by atoms with E-state index in [1.165, 1.54) is 0 Å². The van der Waals surface area contributed by atoms with Gasteiger partial charge in [-0.2, -0.15) is 5.10 Å². The van der Waals surface area contributed by atoms with Crippen LogP contribution in [0.1, 0.15) is 41.3 Å². The molecule has 118 valence electrons. The van der Waals surface area contributed by atoms with Crippen LogP contribution in [0.5, 0.6) is 5.75 Å². The summed E-state index contributed by atoms with van der Waals surface area (Å²) >= 11 is 0. The molecule has 0 unspecified atom stereocenters. The van der Waals surface area contributed by atoms with Crippen molar-refractivity contribution in [2.45, 2.75) is 26.7 Å². The minimum atomic E-state index is -0.987. The molecular weight excluding hydrogens is 292 g/mol. The highest BCUT2D eigenvalue weighted by Crippen LogP contribution is 2.36. The molecule has 23 heavy (non-hydrogen) atoms. The smallest absolute Gasteiger partial charge is 0.336 e. The van der Waals surface area contributed by atoms with Crippen LogP contribution in [0.4, 0.5) is 0 Å². The zero-order chi connectivity index (χ0) is 16.7. The lowest BCUT2D eigenvalue weighted by Crippen LogP contribution is -1.98. The van der Waals surface area contributed by atoms with Crippen LogP contribution in [-0.2, 0) is 0 Å². The Kier molecular flexibility index (Phi) is 3.56. The summed E-state index contributed by atoms with van der Waals surface area (Å²) in [5.41, 5.74) is 3.97. The number of fused-ring (bicyclic) bond motifs is 1. The van der Waals surface area contributed by atoms with Crippen LogP contribution in [0.25, 0.3) is 22.2 Å². The highest BCUT2D eigenvalue weighted by atomic mass is 16.4. The van der Waals surface area contributed by atoms with Gasteiger partial charge < -0.3 is 10.2 Å². The Morgan fingerprint density at radius 1 is 1.26 bits per heavy atom. The topological polar surface area (TPSA) is 86.2 Å². The summed E-state index contributed by atoms with van der Waals surface area (Å²) in [6.07, 6.45) is 0. The maximum Gasteiger partial charge on any atom is 0.336 e. The average molecular weight is 310 g/mol. The zero-order valence-corrected chi connectivity index (χ0v) is 13.2. The number of aryl methyl sites for hydroxylation is 1. The molecule has 5 nitrogen and oxygen atoms in total. The number of aromatic amines is 1. The van der Waals surface area contributed by atoms with Crippen LogP contribution >= 0.6 is 0 Å². The molecule has 1 aromatic heterocycles. The van der Waals surface area contributed by atoms with Gasteiger partial charge >= 0.3 is 5.97 Å². The van der Waals surface area contributed by atoms with Crippen LogP contribution in [-0.4, -0.2) is 26.4 Å². The summed E-state index contributed by atoms with van der Waals surface area (Å²) in [4.78, 5) is 11.5. The van der Waals surface area contributed by atoms with Crippen molar-refractivity contribution < 1.29 is 15.0 Å². The molecule has 0 saturated heterocycles. The molecule has 3 N–H and O–H groups in total. The van der Waals surface area contributed by atoms with Crippen molar-refractivity contribution in [2.24, 2.45) is 0 Å². The molecule has 0 aliphatic heterocycles. The molecule has 0 atom stereocenters. The van der Waals surface area contributed by atoms with Gasteiger partial charge in [0, 0.05) is 10.9 Å². The van der Waals surface area contributed by atoms with E-state index in [0.717, 1.165) is 16.7 Å². The van der Waals surface area contributed by atoms with Gasteiger partial charge in [0.2, 0.25) is 0 Å². The second-order valence-electron chi connectivity index (χ2n) is 5.99. The summed E-state index contributed by atoms with van der Waals surface area (Å²) in [6.45, 7) is 5.88. The van der Waals surface area contributed by atoms with Crippen molar-refractivity contribution in [3.05, 3.63) is 47.0 Å². The standard InChI is InChI=1S/C18H18N2O3/c1-9(2)12-8-13(10(3)7-15(12)21)17-16-11(18(22)23)5-4-6-14(16)19-20-17/h4-9,21H,1-3H3,(H,19,20)(H,22,23). The molecule has 0 bridgehead atoms. The van der Waals surface area contributed by atoms with Crippen LogP contribution in [0, 0.1) is 6.92 Å². The fraction of sp³-hybridized carbons (Fsp3) is 0.222. The van der Waals surface area contributed by atoms with Crippen molar-refractivity contribution in [3.63, 3.8) is 0 Å². The maximum atomic E-state index is 11.5. The Labute approximate surface area is 133 Å². The van der Waals surface area contributed by atoms with Gasteiger partial charge in [-0.05, 0) is 48.2 Å². The van der Waals surface area contributed by atoms with Gasteiger partial charge in [0.1, 0.15) is 11.4 Å². The molecule has 0 fully saturated rings. The summed E-state index contributed by atoms with van der Waals surface area (Å²) in [6, 6.07) is 8.66. The number of benzene rings is 2. The molecular formula is C18H18N2O3. The second kappa shape index (κ2) is 5.43. The molecule has 0 spiro atoms. The third-order valence-electron chi connectivity index (χ3n) is 4.07. The van der Waals surface area contributed by atoms with Gasteiger partial charge in [0.05, 0.1) is 11.1 Å². The highest BCUT2D eigenvalue weighted by Gasteiger charge is 2.19. The van der Waals surface area contributed by atoms with Crippen LogP contribution < -0.4 is 0 Å². The SMILES string of the molecule is Cc1cc(O)c(C(C)C)cc1-c1n[nH]c2cccc(C(=O)O)c12. The van der Waals surface area contributed by atoms with Gasteiger partial charge in [-0.25, -0.2) is 4.79 Å². The number of aromatic carboxylic acids is 1. The van der Waals surface area contributed by atoms with E-state index in [1.54, 1.807) is 24.3 Å². The Bertz CT molecular complexity index is 910. The zero-order valence-electron chi connectivity index (χ0n) is 13.2. The predicted octanol–water partition coefficient (Wildman–Crippen LogP) is 4.07. The van der Waals surface area contributed by atoms with Gasteiger partial charge in [-0.3, -0.25) is 5.10 Å². The first-order chi connectivity index (χ1) is 10.9. The molecule has 0 saturated carbocycles. The first kappa shape index (κ1) is 15.1. The molecule has 3 aromatic rings. The molecule has 5 heteroatoms. The minimum absolute atomic E-state index is 0.151. The highest BCUT2D eigenvalue weighted by molar-refractivity contribution is 6.08. The first-order valence-corrected chi connectivity index (χ1v) is 7.44. The lowest BCUT2D eigenvalue weighted by atomic mass is 9.93. The second-order valence-corrected chi connectivity index (χ2v) is 5.99. The molecule has 0 aliphatic rings. The summed E-state index contributed by atoms with van der Waals surface area (Å²) < 4.78 is 0. The van der Waals surface area contributed by atoms with Gasteiger partial charge in [0.25, 0.3) is 0 Å². The van der Waals surface area contributed by atoms with E-state index in [0.29, 0.717) is 16.6 Å². The van der Waals surface area contributed by atoms with E-state index in [2.05, 4.69) is 10.2 Å². The number of phenols is 1. The van der Waals surface area contributed by atoms with Crippen molar-refractivity contribution in [3.8, 4) is 17.0 Å². The summed E-state index contributed by atoms with van der Waals surface area (Å²) in [5, 5.41) is 27.4. The Morgan fingerprint density at radius 2 is 2.00 bits per heavy atom. The largest absolute Gasteiger partial charge is 0.508 e. The summed E-state index contributed by atoms with van der Waals surface area (Å²) in [5.74, 6) is -0.586. The van der Waals surface area contributed by atoms with E-state index in [1.807, 2.05) is 26.8 Å². The molecule has 0 amide bonds. The first-order valence-electron chi connectivity index (χ1n) is 7.44. The van der Waals surface area contributed by atoms with Gasteiger partial charge in [-0.1, -0.05) is 19.9 Å². The lowest BCUT2D eigenvalue weighted by Gasteiger charge is -2.13. The van der Waals surface area contributed by atoms with E-state index < -0.39 is 5.97 Å². The van der Waals surface area contributed by atoms with Crippen molar-refractivity contribution in [1.29, 1.82) is 0 Å². The maximum absolute atomic E-state index is 11.5. The molecule has 0 aliphatic carbocycles. The molecule has 3 rings (SSSR count). The molecule has 2 aromatic carbocycles. The number of aromatic nitrogens is 2. The van der Waals surface area contributed by atoms with Crippen LogP contribution in [0.15, 0.2) is 30.3 Å². The van der Waals surface area contributed by atoms with E-state index in [4.69, 9.17) is 0 Å². The van der Waals surface area contributed by atoms with Gasteiger partial charge in [0.15, 0.2) is 0 Å². The molecule has 0 radical (unpaired) electrons. The van der Waals surface area contributed by atoms with Crippen molar-refractivity contribution >= 4 is 16.9 Å². The fourth-order valence-electron chi connectivity index (χ4n) is 2.87. The Morgan fingerprint density at radius 3 is 2.65 bits per heavy atom. The Hall–Kier alpha value is -2.82. The van der Waals surface area contributed by atoms with Crippen LogP contribution in [0.2, 0.25) is 0 Å². The third kappa shape index (κ3) is 2.44. The van der Waals surface area contributed by atoms with Crippen LogP contribution in [0.3, 0.4) is 0 Å². The number of rotatable bonds is 3. The monoisotopic (exact) mass is 310 g/mol. The number of carbonyl (C=O) groups is 1. The average Bonchev–Trinajstić information content (AvgIpc) is 2.90. The number of carboxylic acid groups (broad SMARTS) is 1. The number of phenolic OH excluding ortho intramolecular Hbond substituents is 1. The predicted molar refractivity (Wildman–Crippen MR) is 89.0 cm³/mol. The van der Waals surface area contributed by atoms with Crippen molar-refractivity contribution in [1.82, 2.24) is 10.2 Å². The number of hydrogen-bond acceptors (Lipinski definition) is 3. The van der Waals surface area contributed by atoms with E-state index >= 15 is 0 Å². The van der Waals surface area contributed by atoms with Gasteiger partial charge in [-0.15, -0.1) is 0 Å². The molecule has 1 heterocycles. The minimum Gasteiger partial charge on any atom is -0.508 e. The number of aromatic hydroxyl groups is 1. The number of carboxylic acids is 1. The number of H-pyrrole nitrogens is 1. The Balaban J connectivity index is 2.34. The lowest BCUT2D eigenvalue weighted by molar-refractivity contribution is 0.0699. The normalized spacial score (nSPS) is 11.3.